The van der Waals surface area contributed by atoms with E-state index in [9.17, 15) is 14.0 Å². The molecule has 0 radical (unpaired) electrons. The molecule has 0 saturated carbocycles. The van der Waals surface area contributed by atoms with Crippen molar-refractivity contribution in [3.05, 3.63) is 28.5 Å². The van der Waals surface area contributed by atoms with Gasteiger partial charge in [-0.15, -0.1) is 0 Å². The molecule has 1 aromatic carbocycles. The maximum absolute atomic E-state index is 13.0. The van der Waals surface area contributed by atoms with Crippen LogP contribution in [-0.2, 0) is 4.79 Å². The Morgan fingerprint density at radius 1 is 1.38 bits per heavy atom. The summed E-state index contributed by atoms with van der Waals surface area (Å²) in [6.45, 7) is 5.53. The number of carbonyl (C=O) groups is 2. The predicted molar refractivity (Wildman–Crippen MR) is 81.8 cm³/mol. The minimum absolute atomic E-state index is 0.0868. The van der Waals surface area contributed by atoms with Crippen LogP contribution in [0.1, 0.15) is 27.2 Å². The first-order valence-electron chi connectivity index (χ1n) is 6.36. The number of benzene rings is 1. The van der Waals surface area contributed by atoms with Crippen molar-refractivity contribution in [2.45, 2.75) is 32.7 Å². The second kappa shape index (κ2) is 6.89. The molecule has 1 rings (SSSR count). The number of urea groups is 1. The molecule has 0 bridgehead atoms. The van der Waals surface area contributed by atoms with Crippen LogP contribution in [0.4, 0.5) is 14.9 Å². The number of hydrogen-bond donors (Lipinski definition) is 2. The molecule has 21 heavy (non-hydrogen) atoms. The van der Waals surface area contributed by atoms with Crippen LogP contribution in [-0.4, -0.2) is 34.1 Å². The Kier molecular flexibility index (Phi) is 5.71. The van der Waals surface area contributed by atoms with Crippen molar-refractivity contribution in [1.82, 2.24) is 4.90 Å². The normalized spacial score (nSPS) is 11.1. The third kappa shape index (κ3) is 5.34. The van der Waals surface area contributed by atoms with E-state index >= 15 is 0 Å². The Balaban J connectivity index is 2.88. The van der Waals surface area contributed by atoms with Gasteiger partial charge in [-0.05, 0) is 54.9 Å². The highest BCUT2D eigenvalue weighted by atomic mass is 79.9. The molecule has 0 heterocycles. The molecule has 2 N–H and O–H groups in total. The van der Waals surface area contributed by atoms with Gasteiger partial charge in [0.1, 0.15) is 5.82 Å². The maximum atomic E-state index is 13.0. The van der Waals surface area contributed by atoms with Crippen LogP contribution in [0.15, 0.2) is 22.7 Å². The lowest BCUT2D eigenvalue weighted by Crippen LogP contribution is -2.48. The molecule has 0 aliphatic heterocycles. The average molecular weight is 361 g/mol. The summed E-state index contributed by atoms with van der Waals surface area (Å²) in [4.78, 5) is 24.4. The van der Waals surface area contributed by atoms with Gasteiger partial charge in [0.2, 0.25) is 0 Å². The van der Waals surface area contributed by atoms with Crippen molar-refractivity contribution in [3.8, 4) is 0 Å². The minimum Gasteiger partial charge on any atom is -0.481 e. The summed E-state index contributed by atoms with van der Waals surface area (Å²) in [7, 11) is 0. The molecule has 0 unspecified atom stereocenters. The maximum Gasteiger partial charge on any atom is 0.322 e. The number of nitrogens with zero attached hydrogens (tertiary/aromatic N) is 1. The van der Waals surface area contributed by atoms with Gasteiger partial charge in [-0.1, -0.05) is 0 Å². The van der Waals surface area contributed by atoms with Gasteiger partial charge in [0.15, 0.2) is 0 Å². The molecule has 1 aromatic rings. The summed E-state index contributed by atoms with van der Waals surface area (Å²) < 4.78 is 13.4. The highest BCUT2D eigenvalue weighted by Crippen LogP contribution is 2.24. The summed E-state index contributed by atoms with van der Waals surface area (Å²) >= 11 is 3.17. The number of aliphatic carboxylic acids is 1. The van der Waals surface area contributed by atoms with Crippen molar-refractivity contribution in [3.63, 3.8) is 0 Å². The molecular formula is C14H18BrFN2O3. The number of amides is 2. The smallest absolute Gasteiger partial charge is 0.322 e. The molecular weight excluding hydrogens is 343 g/mol. The Bertz CT molecular complexity index is 544. The van der Waals surface area contributed by atoms with E-state index in [2.05, 4.69) is 21.2 Å². The number of halogens is 2. The van der Waals surface area contributed by atoms with Gasteiger partial charge in [-0.2, -0.15) is 0 Å². The number of rotatable bonds is 4. The Labute approximate surface area is 131 Å². The lowest BCUT2D eigenvalue weighted by atomic mass is 10.1. The van der Waals surface area contributed by atoms with Crippen LogP contribution < -0.4 is 5.32 Å². The van der Waals surface area contributed by atoms with Crippen LogP contribution in [0.25, 0.3) is 0 Å². The van der Waals surface area contributed by atoms with E-state index in [1.54, 1.807) is 0 Å². The quantitative estimate of drug-likeness (QED) is 0.859. The van der Waals surface area contributed by atoms with Crippen molar-refractivity contribution >= 4 is 33.6 Å². The third-order valence-corrected chi connectivity index (χ3v) is 3.43. The van der Waals surface area contributed by atoms with E-state index in [4.69, 9.17) is 5.11 Å². The summed E-state index contributed by atoms with van der Waals surface area (Å²) in [5.74, 6) is -1.39. The van der Waals surface area contributed by atoms with E-state index in [-0.39, 0.29) is 13.0 Å². The fraction of sp³-hybridized carbons (Fsp3) is 0.429. The summed E-state index contributed by atoms with van der Waals surface area (Å²) in [6.07, 6.45) is -0.144. The Morgan fingerprint density at radius 3 is 2.48 bits per heavy atom. The summed E-state index contributed by atoms with van der Waals surface area (Å²) in [6, 6.07) is 3.49. The molecule has 0 fully saturated rings. The molecule has 7 heteroatoms. The van der Waals surface area contributed by atoms with Crippen molar-refractivity contribution < 1.29 is 19.1 Å². The zero-order valence-electron chi connectivity index (χ0n) is 12.1. The van der Waals surface area contributed by atoms with E-state index in [0.29, 0.717) is 10.2 Å². The number of carbonyl (C=O) groups excluding carboxylic acids is 1. The van der Waals surface area contributed by atoms with Gasteiger partial charge < -0.3 is 15.3 Å². The first kappa shape index (κ1) is 17.4. The van der Waals surface area contributed by atoms with E-state index in [1.807, 2.05) is 20.8 Å². The number of carboxylic acids is 1. The van der Waals surface area contributed by atoms with Gasteiger partial charge in [-0.3, -0.25) is 4.79 Å². The first-order valence-corrected chi connectivity index (χ1v) is 7.16. The van der Waals surface area contributed by atoms with E-state index in [1.165, 1.54) is 23.1 Å². The largest absolute Gasteiger partial charge is 0.481 e. The van der Waals surface area contributed by atoms with Crippen LogP contribution in [0, 0.1) is 5.82 Å². The van der Waals surface area contributed by atoms with Gasteiger partial charge >= 0.3 is 12.0 Å². The van der Waals surface area contributed by atoms with Crippen LogP contribution in [0.3, 0.4) is 0 Å². The van der Waals surface area contributed by atoms with Gasteiger partial charge in [0, 0.05) is 16.6 Å². The first-order chi connectivity index (χ1) is 9.61. The molecule has 116 valence electrons. The third-order valence-electron chi connectivity index (χ3n) is 2.78. The summed E-state index contributed by atoms with van der Waals surface area (Å²) in [5.41, 5.74) is -0.113. The highest BCUT2D eigenvalue weighted by Gasteiger charge is 2.27. The molecule has 0 aromatic heterocycles. The van der Waals surface area contributed by atoms with Gasteiger partial charge in [0.05, 0.1) is 12.1 Å². The number of nitrogens with one attached hydrogen (secondary N) is 1. The number of hydrogen-bond acceptors (Lipinski definition) is 2. The Hall–Kier alpha value is -1.63. The van der Waals surface area contributed by atoms with Crippen molar-refractivity contribution in [2.24, 2.45) is 0 Å². The minimum atomic E-state index is -0.972. The van der Waals surface area contributed by atoms with Crippen LogP contribution in [0.5, 0.6) is 0 Å². The average Bonchev–Trinajstić information content (AvgIpc) is 2.30. The van der Waals surface area contributed by atoms with E-state index < -0.39 is 23.4 Å². The molecule has 0 aliphatic carbocycles. The lowest BCUT2D eigenvalue weighted by molar-refractivity contribution is -0.137. The molecule has 0 atom stereocenters. The molecule has 0 spiro atoms. The molecule has 0 aliphatic rings. The van der Waals surface area contributed by atoms with Gasteiger partial charge in [0.25, 0.3) is 0 Å². The molecule has 0 saturated heterocycles. The number of carboxylic acid groups (broad SMARTS) is 1. The second-order valence-electron chi connectivity index (χ2n) is 5.52. The fourth-order valence-electron chi connectivity index (χ4n) is 1.72. The Morgan fingerprint density at radius 2 is 2.00 bits per heavy atom. The predicted octanol–water partition coefficient (Wildman–Crippen LogP) is 3.70. The zero-order chi connectivity index (χ0) is 16.2. The zero-order valence-corrected chi connectivity index (χ0v) is 13.7. The van der Waals surface area contributed by atoms with Crippen molar-refractivity contribution in [2.75, 3.05) is 11.9 Å². The monoisotopic (exact) mass is 360 g/mol. The van der Waals surface area contributed by atoms with Crippen LogP contribution >= 0.6 is 15.9 Å². The topological polar surface area (TPSA) is 69.6 Å². The van der Waals surface area contributed by atoms with Crippen molar-refractivity contribution in [1.29, 1.82) is 0 Å². The molecule has 5 nitrogen and oxygen atoms in total. The fourth-order valence-corrected chi connectivity index (χ4v) is 2.17. The van der Waals surface area contributed by atoms with Gasteiger partial charge in [-0.25, -0.2) is 9.18 Å². The summed E-state index contributed by atoms with van der Waals surface area (Å²) in [5, 5.41) is 11.4. The second-order valence-corrected chi connectivity index (χ2v) is 6.37. The standard InChI is InChI=1S/C14H18BrFN2O3/c1-14(2,3)18(7-6-12(19)20)13(21)17-11-5-4-9(16)8-10(11)15/h4-5,8H,6-7H2,1-3H3,(H,17,21)(H,19,20). The van der Waals surface area contributed by atoms with E-state index in [0.717, 1.165) is 0 Å². The lowest BCUT2D eigenvalue weighted by Gasteiger charge is -2.35. The van der Waals surface area contributed by atoms with Crippen LogP contribution in [0.2, 0.25) is 0 Å². The number of anilines is 1. The molecule has 2 amide bonds. The SMILES string of the molecule is CC(C)(C)N(CCC(=O)O)C(=O)Nc1ccc(F)cc1Br. The highest BCUT2D eigenvalue weighted by molar-refractivity contribution is 9.10.